The van der Waals surface area contributed by atoms with E-state index in [4.69, 9.17) is 9.47 Å². The van der Waals surface area contributed by atoms with Gasteiger partial charge in [0.1, 0.15) is 11.3 Å². The first-order valence-corrected chi connectivity index (χ1v) is 14.4. The molecule has 5 heteroatoms. The molecule has 39 heavy (non-hydrogen) atoms. The molecule has 0 spiro atoms. The van der Waals surface area contributed by atoms with Gasteiger partial charge in [-0.15, -0.1) is 0 Å². The van der Waals surface area contributed by atoms with Crippen LogP contribution in [0, 0.1) is 5.92 Å². The number of esters is 1. The smallest absolute Gasteiger partial charge is 0.345 e. The first-order valence-electron chi connectivity index (χ1n) is 14.4. The number of anilines is 1. The molecule has 0 saturated heterocycles. The highest BCUT2D eigenvalue weighted by Crippen LogP contribution is 2.36. The van der Waals surface area contributed by atoms with E-state index in [1.807, 2.05) is 11.0 Å². The molecule has 1 amide bonds. The normalized spacial score (nSPS) is 16.3. The predicted molar refractivity (Wildman–Crippen MR) is 155 cm³/mol. The van der Waals surface area contributed by atoms with Crippen LogP contribution in [0.4, 0.5) is 5.69 Å². The molecule has 0 radical (unpaired) electrons. The second-order valence-electron chi connectivity index (χ2n) is 11.4. The molecule has 0 bridgehead atoms. The van der Waals surface area contributed by atoms with E-state index in [2.05, 4.69) is 55.5 Å². The molecule has 1 saturated carbocycles. The van der Waals surface area contributed by atoms with E-state index in [9.17, 15) is 9.59 Å². The summed E-state index contributed by atoms with van der Waals surface area (Å²) in [5.41, 5.74) is 5.86. The molecule has 3 aromatic rings. The molecule has 204 valence electrons. The Morgan fingerprint density at radius 2 is 1.54 bits per heavy atom. The summed E-state index contributed by atoms with van der Waals surface area (Å²) in [6.07, 6.45) is 8.64. The van der Waals surface area contributed by atoms with Gasteiger partial charge >= 0.3 is 5.97 Å². The van der Waals surface area contributed by atoms with E-state index < -0.39 is 11.8 Å². The fourth-order valence-corrected chi connectivity index (χ4v) is 5.72. The summed E-state index contributed by atoms with van der Waals surface area (Å²) in [5, 5.41) is 0. The number of carbonyl (C=O) groups is 2. The molecule has 1 aliphatic heterocycles. The lowest BCUT2D eigenvalue weighted by atomic mass is 10.00. The van der Waals surface area contributed by atoms with Crippen molar-refractivity contribution in [3.63, 3.8) is 0 Å². The van der Waals surface area contributed by atoms with E-state index >= 15 is 0 Å². The Morgan fingerprint density at radius 1 is 0.897 bits per heavy atom. The predicted octanol–water partition coefficient (Wildman–Crippen LogP) is 8.10. The molecule has 3 aromatic carbocycles. The minimum absolute atomic E-state index is 0.0927. The lowest BCUT2D eigenvalue weighted by Crippen LogP contribution is -2.39. The highest BCUT2D eigenvalue weighted by Gasteiger charge is 2.34. The van der Waals surface area contributed by atoms with Crippen LogP contribution in [0.5, 0.6) is 5.75 Å². The Balaban J connectivity index is 1.38. The second-order valence-corrected chi connectivity index (χ2v) is 11.4. The Kier molecular flexibility index (Phi) is 8.06. The number of fused-ring (bicyclic) bond motifs is 1. The zero-order valence-corrected chi connectivity index (χ0v) is 23.4. The van der Waals surface area contributed by atoms with Crippen LogP contribution in [0.25, 0.3) is 11.1 Å². The van der Waals surface area contributed by atoms with Crippen LogP contribution in [0.3, 0.4) is 0 Å². The van der Waals surface area contributed by atoms with E-state index in [1.54, 1.807) is 26.0 Å². The van der Waals surface area contributed by atoms with Crippen molar-refractivity contribution in [2.75, 3.05) is 4.90 Å². The van der Waals surface area contributed by atoms with Gasteiger partial charge in [-0.2, -0.15) is 0 Å². The van der Waals surface area contributed by atoms with Crippen molar-refractivity contribution in [3.8, 4) is 16.9 Å². The average molecular weight is 526 g/mol. The number of amides is 1. The van der Waals surface area contributed by atoms with Crippen LogP contribution < -0.4 is 9.64 Å². The molecule has 0 N–H and O–H groups in total. The largest absolute Gasteiger partial charge is 0.452 e. The van der Waals surface area contributed by atoms with Crippen LogP contribution in [0.1, 0.15) is 87.2 Å². The molecule has 1 heterocycles. The summed E-state index contributed by atoms with van der Waals surface area (Å²) in [4.78, 5) is 27.9. The zero-order chi connectivity index (χ0) is 27.4. The maximum atomic E-state index is 13.6. The molecule has 1 aliphatic carbocycles. The molecule has 5 rings (SSSR count). The molecule has 0 atom stereocenters. The Bertz CT molecular complexity index is 1300. The number of benzene rings is 3. The standard InChI is InChI=1S/C34H39NO4/c1-4-7-24-10-15-27(16-11-24)28-17-12-26(13-18-28)23-35(32(36)21-14-25-8-5-6-9-25)29-19-20-30-31(22-29)38-34(2,3)39-33(30)37/h10-13,15-20,22,25H,4-9,14,21,23H2,1-3H3. The van der Waals surface area contributed by atoms with Crippen LogP contribution >= 0.6 is 0 Å². The van der Waals surface area contributed by atoms with Crippen LogP contribution in [-0.2, 0) is 22.5 Å². The third-order valence-electron chi connectivity index (χ3n) is 7.85. The number of carbonyl (C=O) groups excluding carboxylic acids is 2. The summed E-state index contributed by atoms with van der Waals surface area (Å²) in [5.74, 6) is -0.282. The van der Waals surface area contributed by atoms with Gasteiger partial charge in [0, 0.05) is 32.0 Å². The average Bonchev–Trinajstić information content (AvgIpc) is 3.44. The summed E-state index contributed by atoms with van der Waals surface area (Å²) >= 11 is 0. The van der Waals surface area contributed by atoms with Crippen molar-refractivity contribution in [2.24, 2.45) is 5.92 Å². The monoisotopic (exact) mass is 525 g/mol. The van der Waals surface area contributed by atoms with Gasteiger partial charge in [-0.3, -0.25) is 4.79 Å². The minimum Gasteiger partial charge on any atom is -0.452 e. The van der Waals surface area contributed by atoms with Crippen LogP contribution in [0.15, 0.2) is 66.7 Å². The van der Waals surface area contributed by atoms with Crippen LogP contribution in [-0.4, -0.2) is 17.7 Å². The maximum Gasteiger partial charge on any atom is 0.345 e. The SMILES string of the molecule is CCCc1ccc(-c2ccc(CN(C(=O)CCC3CCCC3)c3ccc4c(c3)OC(C)(C)OC4=O)cc2)cc1. The number of rotatable bonds is 9. The van der Waals surface area contributed by atoms with Gasteiger partial charge in [-0.25, -0.2) is 4.79 Å². The Labute approximate surface area is 232 Å². The Hall–Kier alpha value is -3.60. The van der Waals surface area contributed by atoms with Crippen molar-refractivity contribution in [1.29, 1.82) is 0 Å². The van der Waals surface area contributed by atoms with Crippen LogP contribution in [0.2, 0.25) is 0 Å². The quantitative estimate of drug-likeness (QED) is 0.265. The molecule has 0 aromatic heterocycles. The number of aryl methyl sites for hydroxylation is 1. The van der Waals surface area contributed by atoms with Gasteiger partial charge < -0.3 is 14.4 Å². The fraction of sp³-hybridized carbons (Fsp3) is 0.412. The van der Waals surface area contributed by atoms with Crippen molar-refractivity contribution in [2.45, 2.75) is 84.5 Å². The van der Waals surface area contributed by atoms with Crippen molar-refractivity contribution in [3.05, 3.63) is 83.4 Å². The zero-order valence-electron chi connectivity index (χ0n) is 23.4. The first-order chi connectivity index (χ1) is 18.8. The van der Waals surface area contributed by atoms with E-state index in [-0.39, 0.29) is 5.91 Å². The molecule has 1 fully saturated rings. The molecular weight excluding hydrogens is 486 g/mol. The maximum absolute atomic E-state index is 13.6. The summed E-state index contributed by atoms with van der Waals surface area (Å²) < 4.78 is 11.3. The van der Waals surface area contributed by atoms with Gasteiger partial charge in [-0.1, -0.05) is 87.6 Å². The summed E-state index contributed by atoms with van der Waals surface area (Å²) in [7, 11) is 0. The van der Waals surface area contributed by atoms with E-state index in [1.165, 1.54) is 36.8 Å². The summed E-state index contributed by atoms with van der Waals surface area (Å²) in [6, 6.07) is 22.5. The minimum atomic E-state index is -1.05. The van der Waals surface area contributed by atoms with E-state index in [0.717, 1.165) is 36.1 Å². The van der Waals surface area contributed by atoms with Gasteiger partial charge in [0.15, 0.2) is 0 Å². The van der Waals surface area contributed by atoms with Crippen molar-refractivity contribution >= 4 is 17.6 Å². The number of cyclic esters (lactones) is 1. The van der Waals surface area contributed by atoms with Crippen molar-refractivity contribution < 1.29 is 19.1 Å². The van der Waals surface area contributed by atoms with Gasteiger partial charge in [0.25, 0.3) is 0 Å². The third-order valence-corrected chi connectivity index (χ3v) is 7.85. The highest BCUT2D eigenvalue weighted by molar-refractivity contribution is 5.97. The van der Waals surface area contributed by atoms with Crippen molar-refractivity contribution in [1.82, 2.24) is 0 Å². The number of hydrogen-bond acceptors (Lipinski definition) is 4. The second kappa shape index (κ2) is 11.6. The molecular formula is C34H39NO4. The van der Waals surface area contributed by atoms with Gasteiger partial charge in [-0.05, 0) is 53.1 Å². The number of nitrogens with zero attached hydrogens (tertiary/aromatic N) is 1. The number of ether oxygens (including phenoxy) is 2. The highest BCUT2D eigenvalue weighted by atomic mass is 16.7. The Morgan fingerprint density at radius 3 is 2.18 bits per heavy atom. The number of hydrogen-bond donors (Lipinski definition) is 0. The van der Waals surface area contributed by atoms with Gasteiger partial charge in [0.05, 0.1) is 6.54 Å². The lowest BCUT2D eigenvalue weighted by molar-refractivity contribution is -0.127. The molecule has 2 aliphatic rings. The fourth-order valence-electron chi connectivity index (χ4n) is 5.72. The molecule has 0 unspecified atom stereocenters. The summed E-state index contributed by atoms with van der Waals surface area (Å²) in [6.45, 7) is 6.07. The lowest BCUT2D eigenvalue weighted by Gasteiger charge is -2.32. The first kappa shape index (κ1) is 27.0. The third kappa shape index (κ3) is 6.52. The van der Waals surface area contributed by atoms with Gasteiger partial charge in [0.2, 0.25) is 11.7 Å². The molecule has 5 nitrogen and oxygen atoms in total. The topological polar surface area (TPSA) is 55.8 Å². The van der Waals surface area contributed by atoms with E-state index in [0.29, 0.717) is 30.2 Å².